The second-order valence-electron chi connectivity index (χ2n) is 4.75. The van der Waals surface area contributed by atoms with Crippen molar-refractivity contribution in [1.29, 1.82) is 0 Å². The molecule has 2 aromatic rings. The smallest absolute Gasteiger partial charge is 0.309 e. The van der Waals surface area contributed by atoms with Crippen LogP contribution in [-0.2, 0) is 11.2 Å². The summed E-state index contributed by atoms with van der Waals surface area (Å²) in [7, 11) is 0. The van der Waals surface area contributed by atoms with E-state index in [0.29, 0.717) is 6.42 Å². The van der Waals surface area contributed by atoms with Gasteiger partial charge in [-0.05, 0) is 26.0 Å². The zero-order chi connectivity index (χ0) is 13.2. The Morgan fingerprint density at radius 3 is 2.67 bits per heavy atom. The molecule has 2 aromatic heterocycles. The molecule has 94 valence electrons. The van der Waals surface area contributed by atoms with Crippen LogP contribution in [0.2, 0.25) is 0 Å². The van der Waals surface area contributed by atoms with E-state index < -0.39 is 11.4 Å². The molecule has 0 radical (unpaired) electrons. The number of thiazole rings is 1. The molecule has 1 N–H and O–H groups in total. The molecule has 2 rings (SSSR count). The van der Waals surface area contributed by atoms with Crippen molar-refractivity contribution in [3.8, 4) is 10.6 Å². The highest BCUT2D eigenvalue weighted by Gasteiger charge is 2.28. The van der Waals surface area contributed by atoms with Gasteiger partial charge in [0.15, 0.2) is 0 Å². The highest BCUT2D eigenvalue weighted by molar-refractivity contribution is 7.13. The molecular weight excluding hydrogens is 248 g/mol. The predicted octanol–water partition coefficient (Wildman–Crippen LogP) is 2.86. The zero-order valence-electron chi connectivity index (χ0n) is 10.3. The van der Waals surface area contributed by atoms with Crippen LogP contribution in [0.1, 0.15) is 19.5 Å². The minimum atomic E-state index is -0.805. The fourth-order valence-electron chi connectivity index (χ4n) is 1.54. The number of hydrogen-bond donors (Lipinski definition) is 1. The largest absolute Gasteiger partial charge is 0.481 e. The minimum absolute atomic E-state index is 0.434. The van der Waals surface area contributed by atoms with Gasteiger partial charge in [-0.15, -0.1) is 11.3 Å². The molecule has 0 bridgehead atoms. The van der Waals surface area contributed by atoms with Crippen molar-refractivity contribution < 1.29 is 9.90 Å². The summed E-state index contributed by atoms with van der Waals surface area (Å²) in [5, 5.41) is 11.9. The Labute approximate surface area is 109 Å². The molecule has 0 aromatic carbocycles. The molecule has 0 aliphatic heterocycles. The van der Waals surface area contributed by atoms with Crippen molar-refractivity contribution in [3.05, 3.63) is 35.6 Å². The van der Waals surface area contributed by atoms with Crippen molar-refractivity contribution in [2.24, 2.45) is 5.41 Å². The molecule has 0 aliphatic rings. The molecule has 0 unspecified atom stereocenters. The Balaban J connectivity index is 2.19. The first kappa shape index (κ1) is 12.7. The van der Waals surface area contributed by atoms with Crippen LogP contribution in [0.25, 0.3) is 10.6 Å². The molecule has 0 saturated carbocycles. The molecule has 18 heavy (non-hydrogen) atoms. The lowest BCUT2D eigenvalue weighted by Crippen LogP contribution is -2.26. The molecule has 5 heteroatoms. The molecule has 2 heterocycles. The summed E-state index contributed by atoms with van der Waals surface area (Å²) in [4.78, 5) is 19.5. The van der Waals surface area contributed by atoms with Crippen molar-refractivity contribution in [2.45, 2.75) is 20.3 Å². The van der Waals surface area contributed by atoms with E-state index in [0.717, 1.165) is 16.3 Å². The molecule has 4 nitrogen and oxygen atoms in total. The summed E-state index contributed by atoms with van der Waals surface area (Å²) in [5.74, 6) is -0.805. The average Bonchev–Trinajstić information content (AvgIpc) is 2.78. The number of pyridine rings is 1. The number of aromatic nitrogens is 2. The topological polar surface area (TPSA) is 63.1 Å². The lowest BCUT2D eigenvalue weighted by Gasteiger charge is -2.16. The third-order valence-corrected chi connectivity index (χ3v) is 3.62. The Hall–Kier alpha value is -1.75. The van der Waals surface area contributed by atoms with Gasteiger partial charge in [-0.1, -0.05) is 0 Å². The van der Waals surface area contributed by atoms with Crippen LogP contribution in [-0.4, -0.2) is 21.0 Å². The molecular formula is C13H14N2O2S. The van der Waals surface area contributed by atoms with Crippen molar-refractivity contribution in [2.75, 3.05) is 0 Å². The maximum absolute atomic E-state index is 11.1. The number of aliphatic carboxylic acids is 1. The van der Waals surface area contributed by atoms with E-state index in [-0.39, 0.29) is 0 Å². The lowest BCUT2D eigenvalue weighted by atomic mass is 9.88. The fourth-order valence-corrected chi connectivity index (χ4v) is 2.37. The van der Waals surface area contributed by atoms with Gasteiger partial charge in [0.1, 0.15) is 5.01 Å². The van der Waals surface area contributed by atoms with Gasteiger partial charge >= 0.3 is 5.97 Å². The number of carboxylic acid groups (broad SMARTS) is 1. The van der Waals surface area contributed by atoms with Crippen LogP contribution < -0.4 is 0 Å². The minimum Gasteiger partial charge on any atom is -0.481 e. The highest BCUT2D eigenvalue weighted by Crippen LogP contribution is 2.27. The Morgan fingerprint density at radius 1 is 1.39 bits per heavy atom. The van der Waals surface area contributed by atoms with E-state index >= 15 is 0 Å². The van der Waals surface area contributed by atoms with E-state index in [1.807, 2.05) is 17.5 Å². The summed E-state index contributed by atoms with van der Waals surface area (Å²) >= 11 is 1.52. The summed E-state index contributed by atoms with van der Waals surface area (Å²) in [6, 6.07) is 3.79. The number of rotatable bonds is 4. The van der Waals surface area contributed by atoms with Crippen molar-refractivity contribution in [3.63, 3.8) is 0 Å². The van der Waals surface area contributed by atoms with Gasteiger partial charge in [-0.2, -0.15) is 0 Å². The normalized spacial score (nSPS) is 11.4. The van der Waals surface area contributed by atoms with E-state index in [4.69, 9.17) is 5.11 Å². The average molecular weight is 262 g/mol. The number of carboxylic acids is 1. The first-order valence-electron chi connectivity index (χ1n) is 5.57. The maximum Gasteiger partial charge on any atom is 0.309 e. The molecule has 0 fully saturated rings. The zero-order valence-corrected chi connectivity index (χ0v) is 11.1. The van der Waals surface area contributed by atoms with Gasteiger partial charge in [-0.3, -0.25) is 9.78 Å². The lowest BCUT2D eigenvalue weighted by molar-refractivity contribution is -0.146. The molecule has 0 aliphatic carbocycles. The third kappa shape index (κ3) is 2.73. The van der Waals surface area contributed by atoms with E-state index in [1.54, 1.807) is 26.2 Å². The van der Waals surface area contributed by atoms with Crippen LogP contribution in [0.15, 0.2) is 29.9 Å². The summed E-state index contributed by atoms with van der Waals surface area (Å²) in [5.41, 5.74) is 1.04. The first-order chi connectivity index (χ1) is 8.49. The van der Waals surface area contributed by atoms with Crippen LogP contribution in [0.3, 0.4) is 0 Å². The van der Waals surface area contributed by atoms with E-state index in [2.05, 4.69) is 9.97 Å². The van der Waals surface area contributed by atoms with Gasteiger partial charge in [0.05, 0.1) is 11.1 Å². The third-order valence-electron chi connectivity index (χ3n) is 2.68. The summed E-state index contributed by atoms with van der Waals surface area (Å²) in [6.07, 6.45) is 3.87. The summed E-state index contributed by atoms with van der Waals surface area (Å²) in [6.45, 7) is 3.42. The standard InChI is InChI=1S/C13H14N2O2S/c1-13(2,12(16)17)7-10-8-18-11(15-10)9-3-5-14-6-4-9/h3-6,8H,7H2,1-2H3,(H,16,17). The van der Waals surface area contributed by atoms with Gasteiger partial charge in [0.2, 0.25) is 0 Å². The number of carbonyl (C=O) groups is 1. The monoisotopic (exact) mass is 262 g/mol. The molecule has 0 amide bonds. The first-order valence-corrected chi connectivity index (χ1v) is 6.45. The molecule has 0 spiro atoms. The Bertz CT molecular complexity index is 549. The quantitative estimate of drug-likeness (QED) is 0.920. The highest BCUT2D eigenvalue weighted by atomic mass is 32.1. The fraction of sp³-hybridized carbons (Fsp3) is 0.308. The predicted molar refractivity (Wildman–Crippen MR) is 70.5 cm³/mol. The number of hydrogen-bond acceptors (Lipinski definition) is 4. The van der Waals surface area contributed by atoms with Gasteiger partial charge in [0, 0.05) is 29.8 Å². The maximum atomic E-state index is 11.1. The molecule has 0 saturated heterocycles. The molecule has 0 atom stereocenters. The van der Waals surface area contributed by atoms with Gasteiger partial charge in [0.25, 0.3) is 0 Å². The summed E-state index contributed by atoms with van der Waals surface area (Å²) < 4.78 is 0. The van der Waals surface area contributed by atoms with Crippen molar-refractivity contribution >= 4 is 17.3 Å². The van der Waals surface area contributed by atoms with Crippen molar-refractivity contribution in [1.82, 2.24) is 9.97 Å². The second kappa shape index (κ2) is 4.86. The second-order valence-corrected chi connectivity index (χ2v) is 5.60. The Kier molecular flexibility index (Phi) is 3.43. The van der Waals surface area contributed by atoms with E-state index in [9.17, 15) is 4.79 Å². The van der Waals surface area contributed by atoms with E-state index in [1.165, 1.54) is 11.3 Å². The van der Waals surface area contributed by atoms with Crippen LogP contribution in [0.5, 0.6) is 0 Å². The van der Waals surface area contributed by atoms with Gasteiger partial charge < -0.3 is 5.11 Å². The SMILES string of the molecule is CC(C)(Cc1csc(-c2ccncc2)n1)C(=O)O. The Morgan fingerprint density at radius 2 is 2.06 bits per heavy atom. The van der Waals surface area contributed by atoms with Crippen LogP contribution in [0.4, 0.5) is 0 Å². The van der Waals surface area contributed by atoms with Gasteiger partial charge in [-0.25, -0.2) is 4.98 Å². The van der Waals surface area contributed by atoms with Crippen LogP contribution >= 0.6 is 11.3 Å². The van der Waals surface area contributed by atoms with Crippen LogP contribution in [0, 0.1) is 5.41 Å². The number of nitrogens with zero attached hydrogens (tertiary/aromatic N) is 2.